The van der Waals surface area contributed by atoms with Crippen LogP contribution < -0.4 is 0 Å². The molecule has 2 heteroatoms. The van der Waals surface area contributed by atoms with Crippen LogP contribution in [0.25, 0.3) is 0 Å². The van der Waals surface area contributed by atoms with Gasteiger partial charge in [0.05, 0.1) is 12.2 Å². The number of hydrogen-bond donors (Lipinski definition) is 2. The molecule has 0 aliphatic heterocycles. The van der Waals surface area contributed by atoms with Gasteiger partial charge in [0.1, 0.15) is 0 Å². The number of fused-ring (bicyclic) bond motifs is 3. The second kappa shape index (κ2) is 5.21. The van der Waals surface area contributed by atoms with Crippen LogP contribution >= 0.6 is 0 Å². The first-order chi connectivity index (χ1) is 10.2. The highest BCUT2D eigenvalue weighted by Crippen LogP contribution is 2.64. The zero-order chi connectivity index (χ0) is 16.3. The highest BCUT2D eigenvalue weighted by Gasteiger charge is 2.60. The fourth-order valence-electron chi connectivity index (χ4n) is 6.43. The van der Waals surface area contributed by atoms with Gasteiger partial charge in [-0.15, -0.1) is 0 Å². The maximum Gasteiger partial charge on any atom is 0.0852 e. The van der Waals surface area contributed by atoms with Crippen molar-refractivity contribution in [3.05, 3.63) is 24.3 Å². The van der Waals surface area contributed by atoms with Gasteiger partial charge in [-0.3, -0.25) is 0 Å². The molecule has 3 aliphatic carbocycles. The van der Waals surface area contributed by atoms with Gasteiger partial charge in [-0.05, 0) is 65.8 Å². The van der Waals surface area contributed by atoms with E-state index in [1.165, 1.54) is 18.4 Å². The second-order valence-corrected chi connectivity index (χ2v) is 8.88. The van der Waals surface area contributed by atoms with Crippen LogP contribution in [0.15, 0.2) is 24.3 Å². The third kappa shape index (κ3) is 2.06. The monoisotopic (exact) mass is 304 g/mol. The van der Waals surface area contributed by atoms with Crippen molar-refractivity contribution >= 4 is 0 Å². The topological polar surface area (TPSA) is 40.5 Å². The molecule has 2 saturated carbocycles. The van der Waals surface area contributed by atoms with Gasteiger partial charge in [0.2, 0.25) is 0 Å². The van der Waals surface area contributed by atoms with Crippen molar-refractivity contribution in [2.45, 2.75) is 65.6 Å². The first-order valence-corrected chi connectivity index (χ1v) is 8.92. The van der Waals surface area contributed by atoms with E-state index in [1.807, 2.05) is 6.08 Å². The summed E-state index contributed by atoms with van der Waals surface area (Å²) in [5.74, 6) is 2.37. The third-order valence-corrected chi connectivity index (χ3v) is 7.63. The predicted octanol–water partition coefficient (Wildman–Crippen LogP) is 3.94. The Morgan fingerprint density at radius 1 is 1.23 bits per heavy atom. The quantitative estimate of drug-likeness (QED) is 0.770. The van der Waals surface area contributed by atoms with E-state index in [0.717, 1.165) is 12.8 Å². The van der Waals surface area contributed by atoms with E-state index in [2.05, 4.69) is 40.3 Å². The normalized spacial score (nSPS) is 50.5. The van der Waals surface area contributed by atoms with Crippen molar-refractivity contribution in [2.24, 2.45) is 34.5 Å². The van der Waals surface area contributed by atoms with Gasteiger partial charge in [0, 0.05) is 0 Å². The molecular formula is C20H32O2. The molecule has 2 fully saturated rings. The third-order valence-electron chi connectivity index (χ3n) is 7.63. The van der Waals surface area contributed by atoms with Crippen LogP contribution in [0.3, 0.4) is 0 Å². The minimum atomic E-state index is -0.595. The summed E-state index contributed by atoms with van der Waals surface area (Å²) in [7, 11) is 0. The van der Waals surface area contributed by atoms with Crippen LogP contribution in [-0.4, -0.2) is 22.4 Å². The number of aliphatic hydroxyl groups is 2. The van der Waals surface area contributed by atoms with Gasteiger partial charge in [0.25, 0.3) is 0 Å². The Hall–Kier alpha value is -0.600. The summed E-state index contributed by atoms with van der Waals surface area (Å²) in [6.07, 6.45) is 7.47. The Kier molecular flexibility index (Phi) is 3.85. The average Bonchev–Trinajstić information content (AvgIpc) is 2.46. The Balaban J connectivity index is 1.99. The van der Waals surface area contributed by atoms with Crippen molar-refractivity contribution in [3.63, 3.8) is 0 Å². The maximum atomic E-state index is 10.5. The molecule has 0 amide bonds. The molecule has 3 rings (SSSR count). The molecule has 0 aromatic carbocycles. The molecule has 0 aromatic heterocycles. The minimum Gasteiger partial charge on any atom is -0.390 e. The molecule has 0 unspecified atom stereocenters. The SMILES string of the molecule is C=CC1=CC[C@@H]2[C@H](CC[C@@H]3C(C)(C)[C@H](O)[C@H](O)C[C@@]23C)[C@@H]1C. The molecule has 0 spiro atoms. The van der Waals surface area contributed by atoms with Gasteiger partial charge >= 0.3 is 0 Å². The van der Waals surface area contributed by atoms with Crippen molar-refractivity contribution in [1.29, 1.82) is 0 Å². The molecule has 3 aliphatic rings. The molecule has 2 nitrogen and oxygen atoms in total. The van der Waals surface area contributed by atoms with Gasteiger partial charge in [-0.1, -0.05) is 46.4 Å². The zero-order valence-corrected chi connectivity index (χ0v) is 14.5. The number of allylic oxidation sites excluding steroid dienone is 3. The number of rotatable bonds is 1. The molecule has 0 saturated heterocycles. The molecule has 2 N–H and O–H groups in total. The Labute approximate surface area is 135 Å². The van der Waals surface area contributed by atoms with E-state index in [4.69, 9.17) is 0 Å². The van der Waals surface area contributed by atoms with E-state index in [0.29, 0.717) is 23.7 Å². The summed E-state index contributed by atoms with van der Waals surface area (Å²) in [4.78, 5) is 0. The van der Waals surface area contributed by atoms with E-state index >= 15 is 0 Å². The number of hydrogen-bond acceptors (Lipinski definition) is 2. The van der Waals surface area contributed by atoms with Crippen LogP contribution in [0.1, 0.15) is 53.4 Å². The molecule has 7 atom stereocenters. The largest absolute Gasteiger partial charge is 0.390 e. The smallest absolute Gasteiger partial charge is 0.0852 e. The second-order valence-electron chi connectivity index (χ2n) is 8.88. The maximum absolute atomic E-state index is 10.5. The van der Waals surface area contributed by atoms with E-state index in [-0.39, 0.29) is 10.8 Å². The van der Waals surface area contributed by atoms with Crippen molar-refractivity contribution in [3.8, 4) is 0 Å². The summed E-state index contributed by atoms with van der Waals surface area (Å²) >= 11 is 0. The fraction of sp³-hybridized carbons (Fsp3) is 0.800. The van der Waals surface area contributed by atoms with Crippen molar-refractivity contribution in [2.75, 3.05) is 0 Å². The minimum absolute atomic E-state index is 0.128. The molecular weight excluding hydrogens is 272 g/mol. The van der Waals surface area contributed by atoms with Gasteiger partial charge in [0.15, 0.2) is 0 Å². The Bertz CT molecular complexity index is 492. The Morgan fingerprint density at radius 3 is 2.55 bits per heavy atom. The summed E-state index contributed by atoms with van der Waals surface area (Å²) < 4.78 is 0. The summed E-state index contributed by atoms with van der Waals surface area (Å²) in [5.41, 5.74) is 1.32. The lowest BCUT2D eigenvalue weighted by atomic mass is 9.43. The van der Waals surface area contributed by atoms with Crippen LogP contribution in [0.2, 0.25) is 0 Å². The lowest BCUT2D eigenvalue weighted by molar-refractivity contribution is -0.200. The lowest BCUT2D eigenvalue weighted by Gasteiger charge is -2.63. The average molecular weight is 304 g/mol. The highest BCUT2D eigenvalue weighted by molar-refractivity contribution is 5.25. The van der Waals surface area contributed by atoms with Crippen LogP contribution in [0.4, 0.5) is 0 Å². The van der Waals surface area contributed by atoms with E-state index in [9.17, 15) is 10.2 Å². The first-order valence-electron chi connectivity index (χ1n) is 8.92. The molecule has 0 bridgehead atoms. The zero-order valence-electron chi connectivity index (χ0n) is 14.5. The van der Waals surface area contributed by atoms with E-state index in [1.54, 1.807) is 0 Å². The van der Waals surface area contributed by atoms with E-state index < -0.39 is 12.2 Å². The molecule has 22 heavy (non-hydrogen) atoms. The van der Waals surface area contributed by atoms with Crippen LogP contribution in [-0.2, 0) is 0 Å². The van der Waals surface area contributed by atoms with Gasteiger partial charge in [-0.2, -0.15) is 0 Å². The van der Waals surface area contributed by atoms with Gasteiger partial charge < -0.3 is 10.2 Å². The summed E-state index contributed by atoms with van der Waals surface area (Å²) in [5, 5.41) is 21.0. The predicted molar refractivity (Wildman–Crippen MR) is 90.3 cm³/mol. The lowest BCUT2D eigenvalue weighted by Crippen LogP contribution is -2.61. The van der Waals surface area contributed by atoms with Crippen molar-refractivity contribution in [1.82, 2.24) is 0 Å². The Morgan fingerprint density at radius 2 is 1.91 bits per heavy atom. The first kappa shape index (κ1) is 16.3. The summed E-state index contributed by atoms with van der Waals surface area (Å²) in [6.45, 7) is 13.0. The van der Waals surface area contributed by atoms with Gasteiger partial charge in [-0.25, -0.2) is 0 Å². The number of aliphatic hydroxyl groups excluding tert-OH is 2. The molecule has 0 radical (unpaired) electrons. The molecule has 0 aromatic rings. The van der Waals surface area contributed by atoms with Crippen molar-refractivity contribution < 1.29 is 10.2 Å². The highest BCUT2D eigenvalue weighted by atomic mass is 16.3. The molecule has 124 valence electrons. The summed E-state index contributed by atoms with van der Waals surface area (Å²) in [6, 6.07) is 0. The fourth-order valence-corrected chi connectivity index (χ4v) is 6.43. The standard InChI is InChI=1S/C20H32O2/c1-6-13-7-9-15-14(12(13)2)8-10-17-19(3,4)18(22)16(21)11-20(15,17)5/h6-7,12,14-18,21-22H,1,8-11H2,2-5H3/t12-,14-,15-,16-,17-,18-,20+/m1/s1. The molecule has 0 heterocycles. The van der Waals surface area contributed by atoms with Crippen LogP contribution in [0, 0.1) is 34.5 Å². The van der Waals surface area contributed by atoms with Crippen LogP contribution in [0.5, 0.6) is 0 Å².